The van der Waals surface area contributed by atoms with Crippen LogP contribution in [0, 0.1) is 6.92 Å². The van der Waals surface area contributed by atoms with Crippen LogP contribution in [0.4, 0.5) is 0 Å². The Hall–Kier alpha value is -0.630. The Morgan fingerprint density at radius 1 is 1.48 bits per heavy atom. The predicted octanol–water partition coefficient (Wildman–Crippen LogP) is 2.14. The van der Waals surface area contributed by atoms with Crippen LogP contribution in [-0.4, -0.2) is 46.0 Å². The highest BCUT2D eigenvalue weighted by Gasteiger charge is 2.36. The maximum Gasteiger partial charge on any atom is 0.247 e. The molecule has 1 aromatic rings. The van der Waals surface area contributed by atoms with Crippen molar-refractivity contribution in [3.8, 4) is 5.75 Å². The Labute approximate surface area is 134 Å². The molecule has 0 saturated carbocycles. The molecule has 0 aromatic heterocycles. The van der Waals surface area contributed by atoms with Crippen molar-refractivity contribution < 1.29 is 13.2 Å². The van der Waals surface area contributed by atoms with Gasteiger partial charge in [-0.3, -0.25) is 0 Å². The maximum absolute atomic E-state index is 13.0. The summed E-state index contributed by atoms with van der Waals surface area (Å²) < 4.78 is 33.6. The number of hydrogen-bond donors (Lipinski definition) is 1. The fourth-order valence-electron chi connectivity index (χ4n) is 2.69. The van der Waals surface area contributed by atoms with Crippen molar-refractivity contribution in [2.75, 3.05) is 27.2 Å². The molecule has 0 unspecified atom stereocenters. The van der Waals surface area contributed by atoms with Gasteiger partial charge < -0.3 is 10.1 Å². The van der Waals surface area contributed by atoms with Gasteiger partial charge in [-0.15, -0.1) is 0 Å². The summed E-state index contributed by atoms with van der Waals surface area (Å²) in [7, 11) is -0.218. The number of aryl methyl sites for hydroxylation is 1. The quantitative estimate of drug-likeness (QED) is 0.854. The molecule has 1 saturated heterocycles. The first kappa shape index (κ1) is 16.7. The van der Waals surface area contributed by atoms with E-state index in [0.29, 0.717) is 18.8 Å². The molecule has 118 valence electrons. The van der Waals surface area contributed by atoms with Gasteiger partial charge in [0.2, 0.25) is 10.0 Å². The molecule has 5 nitrogen and oxygen atoms in total. The lowest BCUT2D eigenvalue weighted by Gasteiger charge is -2.25. The van der Waals surface area contributed by atoms with Gasteiger partial charge in [0, 0.05) is 23.6 Å². The molecule has 0 spiro atoms. The number of ether oxygens (including phenoxy) is 1. The molecule has 0 aliphatic carbocycles. The first-order valence-electron chi connectivity index (χ1n) is 6.92. The summed E-state index contributed by atoms with van der Waals surface area (Å²) in [6.07, 6.45) is 1.77. The number of nitrogens with one attached hydrogen (secondary N) is 1. The van der Waals surface area contributed by atoms with Crippen molar-refractivity contribution >= 4 is 26.0 Å². The fourth-order valence-corrected chi connectivity index (χ4v) is 5.04. The Kier molecular flexibility index (Phi) is 5.29. The van der Waals surface area contributed by atoms with Gasteiger partial charge >= 0.3 is 0 Å². The van der Waals surface area contributed by atoms with E-state index in [1.165, 1.54) is 7.11 Å². The van der Waals surface area contributed by atoms with Gasteiger partial charge in [-0.05, 0) is 44.5 Å². The number of halogens is 1. The average Bonchev–Trinajstić information content (AvgIpc) is 2.90. The van der Waals surface area contributed by atoms with Crippen LogP contribution in [0.5, 0.6) is 5.75 Å². The van der Waals surface area contributed by atoms with Gasteiger partial charge in [-0.2, -0.15) is 4.31 Å². The van der Waals surface area contributed by atoms with Gasteiger partial charge in [-0.25, -0.2) is 8.42 Å². The van der Waals surface area contributed by atoms with E-state index in [9.17, 15) is 8.42 Å². The molecule has 1 aromatic carbocycles. The van der Waals surface area contributed by atoms with Gasteiger partial charge in [-0.1, -0.05) is 15.9 Å². The zero-order valence-electron chi connectivity index (χ0n) is 12.5. The molecule has 2 rings (SSSR count). The number of nitrogens with zero attached hydrogens (tertiary/aromatic N) is 1. The van der Waals surface area contributed by atoms with Crippen molar-refractivity contribution in [2.45, 2.75) is 30.7 Å². The van der Waals surface area contributed by atoms with Crippen molar-refractivity contribution in [1.29, 1.82) is 0 Å². The minimum absolute atomic E-state index is 0.00443. The first-order valence-corrected chi connectivity index (χ1v) is 9.15. The molecule has 1 atom stereocenters. The summed E-state index contributed by atoms with van der Waals surface area (Å²) in [6, 6.07) is 3.39. The summed E-state index contributed by atoms with van der Waals surface area (Å²) in [5.41, 5.74) is 0.944. The van der Waals surface area contributed by atoms with Crippen LogP contribution in [0.2, 0.25) is 0 Å². The Bertz CT molecular complexity index is 619. The summed E-state index contributed by atoms with van der Waals surface area (Å²) in [6.45, 7) is 3.13. The zero-order chi connectivity index (χ0) is 15.6. The molecular weight excluding hydrogens is 356 g/mol. The third kappa shape index (κ3) is 3.26. The standard InChI is InChI=1S/C14H21BrN2O3S/c1-10-7-13(20-3)14(8-12(10)15)21(18,19)17-6-4-5-11(17)9-16-2/h7-8,11,16H,4-6,9H2,1-3H3/t11-/m1/s1. The molecule has 21 heavy (non-hydrogen) atoms. The Morgan fingerprint density at radius 2 is 2.19 bits per heavy atom. The smallest absolute Gasteiger partial charge is 0.247 e. The number of methoxy groups -OCH3 is 1. The van der Waals surface area contributed by atoms with Crippen molar-refractivity contribution in [1.82, 2.24) is 9.62 Å². The summed E-state index contributed by atoms with van der Waals surface area (Å²) >= 11 is 3.41. The number of hydrogen-bond acceptors (Lipinski definition) is 4. The normalized spacial score (nSPS) is 19.9. The number of likely N-dealkylation sites (N-methyl/N-ethyl adjacent to an activating group) is 1. The molecule has 1 fully saturated rings. The van der Waals surface area contributed by atoms with Crippen LogP contribution in [0.25, 0.3) is 0 Å². The fraction of sp³-hybridized carbons (Fsp3) is 0.571. The van der Waals surface area contributed by atoms with E-state index in [1.807, 2.05) is 14.0 Å². The Morgan fingerprint density at radius 3 is 2.81 bits per heavy atom. The lowest BCUT2D eigenvalue weighted by molar-refractivity contribution is 0.370. The molecule has 1 N–H and O–H groups in total. The maximum atomic E-state index is 13.0. The number of sulfonamides is 1. The van der Waals surface area contributed by atoms with Gasteiger partial charge in [0.15, 0.2) is 0 Å². The third-order valence-corrected chi connectivity index (χ3v) is 6.62. The van der Waals surface area contributed by atoms with E-state index >= 15 is 0 Å². The lowest BCUT2D eigenvalue weighted by Crippen LogP contribution is -2.40. The van der Waals surface area contributed by atoms with Crippen LogP contribution in [0.3, 0.4) is 0 Å². The van der Waals surface area contributed by atoms with Gasteiger partial charge in [0.1, 0.15) is 10.6 Å². The summed E-state index contributed by atoms with van der Waals surface area (Å²) in [5.74, 6) is 0.394. The average molecular weight is 377 g/mol. The molecule has 0 radical (unpaired) electrons. The highest BCUT2D eigenvalue weighted by Crippen LogP contribution is 2.34. The van der Waals surface area contributed by atoms with E-state index in [4.69, 9.17) is 4.74 Å². The van der Waals surface area contributed by atoms with Crippen molar-refractivity contribution in [2.24, 2.45) is 0 Å². The predicted molar refractivity (Wildman–Crippen MR) is 86.3 cm³/mol. The van der Waals surface area contributed by atoms with E-state index in [2.05, 4.69) is 21.2 Å². The zero-order valence-corrected chi connectivity index (χ0v) is 14.9. The van der Waals surface area contributed by atoms with Crippen molar-refractivity contribution in [3.63, 3.8) is 0 Å². The van der Waals surface area contributed by atoms with Crippen LogP contribution in [-0.2, 0) is 10.0 Å². The molecule has 7 heteroatoms. The van der Waals surface area contributed by atoms with Crippen LogP contribution < -0.4 is 10.1 Å². The van der Waals surface area contributed by atoms with E-state index in [1.54, 1.807) is 16.4 Å². The van der Waals surface area contributed by atoms with E-state index in [0.717, 1.165) is 22.9 Å². The minimum atomic E-state index is -3.55. The molecule has 0 bridgehead atoms. The van der Waals surface area contributed by atoms with Gasteiger partial charge in [0.05, 0.1) is 7.11 Å². The number of benzene rings is 1. The highest BCUT2D eigenvalue weighted by atomic mass is 79.9. The van der Waals surface area contributed by atoms with E-state index in [-0.39, 0.29) is 10.9 Å². The van der Waals surface area contributed by atoms with Crippen LogP contribution in [0.1, 0.15) is 18.4 Å². The molecular formula is C14H21BrN2O3S. The second-order valence-electron chi connectivity index (χ2n) is 5.22. The molecule has 0 amide bonds. The summed E-state index contributed by atoms with van der Waals surface area (Å²) in [5, 5.41) is 3.07. The molecule has 1 aliphatic heterocycles. The molecule has 1 aliphatic rings. The molecule has 1 heterocycles. The third-order valence-electron chi connectivity index (χ3n) is 3.79. The van der Waals surface area contributed by atoms with Gasteiger partial charge in [0.25, 0.3) is 0 Å². The summed E-state index contributed by atoms with van der Waals surface area (Å²) in [4.78, 5) is 0.227. The minimum Gasteiger partial charge on any atom is -0.495 e. The second kappa shape index (κ2) is 6.64. The lowest BCUT2D eigenvalue weighted by atomic mass is 10.2. The second-order valence-corrected chi connectivity index (χ2v) is 7.94. The topological polar surface area (TPSA) is 58.6 Å². The van der Waals surface area contributed by atoms with Crippen LogP contribution in [0.15, 0.2) is 21.5 Å². The van der Waals surface area contributed by atoms with E-state index < -0.39 is 10.0 Å². The largest absolute Gasteiger partial charge is 0.495 e. The Balaban J connectivity index is 2.46. The first-order chi connectivity index (χ1) is 9.91. The SMILES string of the molecule is CNC[C@H]1CCCN1S(=O)(=O)c1cc(Br)c(C)cc1OC. The van der Waals surface area contributed by atoms with Crippen LogP contribution >= 0.6 is 15.9 Å². The highest BCUT2D eigenvalue weighted by molar-refractivity contribution is 9.10. The number of rotatable bonds is 5. The van der Waals surface area contributed by atoms with Crippen molar-refractivity contribution in [3.05, 3.63) is 22.2 Å². The monoisotopic (exact) mass is 376 g/mol.